The quantitative estimate of drug-likeness (QED) is 0.181. The standard InChI is InChI=1S/C26H43NO6/c1-31-26(32-2,33-3)20-16-11-9-7-5-4-6-8-10-13-17-22(25(29)30)21-24(28)27-23-18-14-12-15-19-23/h12,14-15,18-19,22H,4-11,13,16-17,20-21H2,1-3H3,(H,27,28)(H,29,30). The lowest BCUT2D eigenvalue weighted by Crippen LogP contribution is -2.35. The van der Waals surface area contributed by atoms with E-state index < -0.39 is 17.9 Å². The van der Waals surface area contributed by atoms with Gasteiger partial charge in [0, 0.05) is 39.9 Å². The van der Waals surface area contributed by atoms with Gasteiger partial charge in [-0.2, -0.15) is 0 Å². The summed E-state index contributed by atoms with van der Waals surface area (Å²) < 4.78 is 15.9. The van der Waals surface area contributed by atoms with Crippen LogP contribution in [0.15, 0.2) is 30.3 Å². The molecule has 0 fully saturated rings. The van der Waals surface area contributed by atoms with E-state index in [-0.39, 0.29) is 12.3 Å². The molecular weight excluding hydrogens is 422 g/mol. The molecule has 0 heterocycles. The van der Waals surface area contributed by atoms with E-state index in [9.17, 15) is 14.7 Å². The lowest BCUT2D eigenvalue weighted by molar-refractivity contribution is -0.355. The van der Waals surface area contributed by atoms with Gasteiger partial charge in [-0.1, -0.05) is 76.0 Å². The van der Waals surface area contributed by atoms with Gasteiger partial charge in [0.05, 0.1) is 5.92 Å². The average molecular weight is 466 g/mol. The summed E-state index contributed by atoms with van der Waals surface area (Å²) in [5.41, 5.74) is 0.694. The van der Waals surface area contributed by atoms with Gasteiger partial charge >= 0.3 is 5.97 Å². The van der Waals surface area contributed by atoms with Gasteiger partial charge in [-0.05, 0) is 25.0 Å². The molecule has 0 radical (unpaired) electrons. The molecule has 0 spiro atoms. The zero-order valence-electron chi connectivity index (χ0n) is 20.6. The van der Waals surface area contributed by atoms with Crippen LogP contribution in [0.25, 0.3) is 0 Å². The number of amides is 1. The van der Waals surface area contributed by atoms with Gasteiger partial charge in [0.1, 0.15) is 0 Å². The Morgan fingerprint density at radius 3 is 1.79 bits per heavy atom. The number of nitrogens with one attached hydrogen (secondary N) is 1. The maximum Gasteiger partial charge on any atom is 0.307 e. The van der Waals surface area contributed by atoms with Crippen LogP contribution in [0.2, 0.25) is 0 Å². The molecule has 1 aromatic rings. The van der Waals surface area contributed by atoms with Gasteiger partial charge in [0.2, 0.25) is 5.91 Å². The molecule has 1 atom stereocenters. The van der Waals surface area contributed by atoms with Crippen molar-refractivity contribution >= 4 is 17.6 Å². The van der Waals surface area contributed by atoms with Gasteiger partial charge in [-0.3, -0.25) is 9.59 Å². The molecule has 7 nitrogen and oxygen atoms in total. The number of rotatable bonds is 20. The fourth-order valence-electron chi connectivity index (χ4n) is 3.97. The molecule has 33 heavy (non-hydrogen) atoms. The van der Waals surface area contributed by atoms with Crippen molar-refractivity contribution in [1.82, 2.24) is 0 Å². The molecule has 0 aliphatic rings. The maximum atomic E-state index is 12.1. The Hall–Kier alpha value is -1.96. The highest BCUT2D eigenvalue weighted by Gasteiger charge is 2.28. The summed E-state index contributed by atoms with van der Waals surface area (Å²) in [6.45, 7) is 0. The van der Waals surface area contributed by atoms with E-state index in [0.29, 0.717) is 12.1 Å². The number of benzene rings is 1. The van der Waals surface area contributed by atoms with Crippen LogP contribution < -0.4 is 5.32 Å². The molecule has 0 aliphatic carbocycles. The third-order valence-electron chi connectivity index (χ3n) is 6.06. The van der Waals surface area contributed by atoms with Crippen molar-refractivity contribution < 1.29 is 28.9 Å². The largest absolute Gasteiger partial charge is 0.481 e. The monoisotopic (exact) mass is 465 g/mol. The van der Waals surface area contributed by atoms with Crippen LogP contribution in [-0.4, -0.2) is 44.3 Å². The van der Waals surface area contributed by atoms with E-state index in [1.165, 1.54) is 32.1 Å². The first-order chi connectivity index (χ1) is 16.0. The molecule has 0 bridgehead atoms. The Kier molecular flexibility index (Phi) is 15.4. The van der Waals surface area contributed by atoms with Crippen molar-refractivity contribution in [3.8, 4) is 0 Å². The second-order valence-electron chi connectivity index (χ2n) is 8.52. The number of hydrogen-bond acceptors (Lipinski definition) is 5. The van der Waals surface area contributed by atoms with Crippen molar-refractivity contribution in [3.05, 3.63) is 30.3 Å². The Labute approximate surface area is 199 Å². The maximum absolute atomic E-state index is 12.1. The van der Waals surface area contributed by atoms with E-state index in [1.807, 2.05) is 18.2 Å². The van der Waals surface area contributed by atoms with Gasteiger partial charge in [0.15, 0.2) is 0 Å². The lowest BCUT2D eigenvalue weighted by atomic mass is 9.96. The highest BCUT2D eigenvalue weighted by molar-refractivity contribution is 5.93. The molecule has 1 unspecified atom stereocenters. The Bertz CT molecular complexity index is 639. The van der Waals surface area contributed by atoms with Crippen molar-refractivity contribution in [2.75, 3.05) is 26.6 Å². The number of carbonyl (C=O) groups excluding carboxylic acids is 1. The first kappa shape index (κ1) is 29.1. The first-order valence-electron chi connectivity index (χ1n) is 12.2. The van der Waals surface area contributed by atoms with Crippen molar-refractivity contribution in [2.24, 2.45) is 5.92 Å². The predicted molar refractivity (Wildman–Crippen MR) is 130 cm³/mol. The molecule has 0 saturated heterocycles. The molecule has 1 amide bonds. The second kappa shape index (κ2) is 17.5. The average Bonchev–Trinajstić information content (AvgIpc) is 2.82. The Balaban J connectivity index is 2.04. The van der Waals surface area contributed by atoms with E-state index in [0.717, 1.165) is 38.5 Å². The minimum absolute atomic E-state index is 0.0183. The number of carboxylic acids is 1. The fourth-order valence-corrected chi connectivity index (χ4v) is 3.97. The molecule has 0 aromatic heterocycles. The number of carboxylic acid groups (broad SMARTS) is 1. The number of anilines is 1. The molecule has 1 rings (SSSR count). The van der Waals surface area contributed by atoms with Crippen molar-refractivity contribution in [3.63, 3.8) is 0 Å². The highest BCUT2D eigenvalue weighted by Crippen LogP contribution is 2.22. The summed E-state index contributed by atoms with van der Waals surface area (Å²) in [5.74, 6) is -2.67. The number of ether oxygens (including phenoxy) is 3. The SMILES string of the molecule is COC(CCCCCCCCCCCCC(CC(=O)Nc1ccccc1)C(=O)O)(OC)OC. The molecule has 2 N–H and O–H groups in total. The topological polar surface area (TPSA) is 94.1 Å². The number of carbonyl (C=O) groups is 2. The molecule has 188 valence electrons. The summed E-state index contributed by atoms with van der Waals surface area (Å²) >= 11 is 0. The van der Waals surface area contributed by atoms with E-state index in [4.69, 9.17) is 14.2 Å². The van der Waals surface area contributed by atoms with Gasteiger partial charge in [-0.15, -0.1) is 0 Å². The number of unbranched alkanes of at least 4 members (excludes halogenated alkanes) is 9. The molecule has 7 heteroatoms. The summed E-state index contributed by atoms with van der Waals surface area (Å²) in [4.78, 5) is 23.6. The van der Waals surface area contributed by atoms with Crippen LogP contribution in [0.4, 0.5) is 5.69 Å². The van der Waals surface area contributed by atoms with Gasteiger partial charge in [0.25, 0.3) is 5.97 Å². The van der Waals surface area contributed by atoms with Crippen LogP contribution in [0.3, 0.4) is 0 Å². The van der Waals surface area contributed by atoms with Gasteiger partial charge < -0.3 is 24.6 Å². The van der Waals surface area contributed by atoms with Gasteiger partial charge in [-0.25, -0.2) is 0 Å². The minimum atomic E-state index is -0.911. The summed E-state index contributed by atoms with van der Waals surface area (Å²) in [7, 11) is 4.78. The minimum Gasteiger partial charge on any atom is -0.481 e. The number of aliphatic carboxylic acids is 1. The highest BCUT2D eigenvalue weighted by atomic mass is 16.9. The zero-order chi connectivity index (χ0) is 24.4. The second-order valence-corrected chi connectivity index (χ2v) is 8.52. The predicted octanol–water partition coefficient (Wildman–Crippen LogP) is 5.99. The fraction of sp³-hybridized carbons (Fsp3) is 0.692. The molecular formula is C26H43NO6. The lowest BCUT2D eigenvalue weighted by Gasteiger charge is -2.28. The first-order valence-corrected chi connectivity index (χ1v) is 12.2. The Morgan fingerprint density at radius 2 is 1.30 bits per heavy atom. The molecule has 0 saturated carbocycles. The third kappa shape index (κ3) is 12.8. The van der Waals surface area contributed by atoms with E-state index in [2.05, 4.69) is 5.32 Å². The molecule has 0 aliphatic heterocycles. The third-order valence-corrected chi connectivity index (χ3v) is 6.06. The van der Waals surface area contributed by atoms with Crippen LogP contribution in [0.1, 0.15) is 83.5 Å². The van der Waals surface area contributed by atoms with Crippen molar-refractivity contribution in [1.29, 1.82) is 0 Å². The molecule has 1 aromatic carbocycles. The number of methoxy groups -OCH3 is 3. The number of para-hydroxylation sites is 1. The van der Waals surface area contributed by atoms with Crippen LogP contribution in [-0.2, 0) is 23.8 Å². The smallest absolute Gasteiger partial charge is 0.307 e. The Morgan fingerprint density at radius 1 is 0.818 bits per heavy atom. The summed E-state index contributed by atoms with van der Waals surface area (Å²) in [6.07, 6.45) is 12.4. The summed E-state index contributed by atoms with van der Waals surface area (Å²) in [6, 6.07) is 9.13. The van der Waals surface area contributed by atoms with E-state index >= 15 is 0 Å². The van der Waals surface area contributed by atoms with Crippen LogP contribution >= 0.6 is 0 Å². The van der Waals surface area contributed by atoms with Crippen LogP contribution in [0, 0.1) is 5.92 Å². The number of hydrogen-bond donors (Lipinski definition) is 2. The summed E-state index contributed by atoms with van der Waals surface area (Å²) in [5, 5.41) is 12.2. The normalized spacial score (nSPS) is 12.5. The van der Waals surface area contributed by atoms with E-state index in [1.54, 1.807) is 33.5 Å². The zero-order valence-corrected chi connectivity index (χ0v) is 20.6. The van der Waals surface area contributed by atoms with Crippen LogP contribution in [0.5, 0.6) is 0 Å². The van der Waals surface area contributed by atoms with Crippen molar-refractivity contribution in [2.45, 2.75) is 89.4 Å².